The maximum Gasteiger partial charge on any atom is 0.253 e. The lowest BCUT2D eigenvalue weighted by atomic mass is 10.1. The van der Waals surface area contributed by atoms with Crippen molar-refractivity contribution in [3.05, 3.63) is 94.5 Å². The third-order valence-electron chi connectivity index (χ3n) is 5.94. The maximum atomic E-state index is 13.6. The molecule has 1 aliphatic rings. The summed E-state index contributed by atoms with van der Waals surface area (Å²) in [4.78, 5) is 19.0. The molecular formula is C26H23BrFN5O2. The molecule has 1 amide bonds. The van der Waals surface area contributed by atoms with Crippen molar-refractivity contribution < 1.29 is 13.9 Å². The molecule has 2 aromatic heterocycles. The Bertz CT molecular complexity index is 1340. The summed E-state index contributed by atoms with van der Waals surface area (Å²) in [6.45, 7) is 2.20. The first kappa shape index (κ1) is 23.2. The summed E-state index contributed by atoms with van der Waals surface area (Å²) in [6, 6.07) is 18.2. The van der Waals surface area contributed by atoms with Crippen molar-refractivity contribution in [2.45, 2.75) is 25.7 Å². The molecule has 7 nitrogen and oxygen atoms in total. The largest absolute Gasteiger partial charge is 0.399 e. The van der Waals surface area contributed by atoms with Gasteiger partial charge >= 0.3 is 0 Å². The number of ether oxygens (including phenoxy) is 1. The minimum atomic E-state index is -0.655. The Morgan fingerprint density at radius 2 is 1.83 bits per heavy atom. The standard InChI is InChI=1S/C26H23BrFN5O2/c1-16-25(34)32(13-12-17-2-7-20(29)8-3-17)26(35-16)22-15-33(21-9-4-18(27)5-10-21)31-24(22)23-11-6-19(28)14-30-23/h2-11,14-16,26H,12-13,29H2,1H3. The zero-order valence-corrected chi connectivity index (χ0v) is 20.5. The molecule has 1 aliphatic heterocycles. The van der Waals surface area contributed by atoms with E-state index in [0.29, 0.717) is 35.6 Å². The zero-order chi connectivity index (χ0) is 24.5. The van der Waals surface area contributed by atoms with E-state index in [1.165, 1.54) is 6.07 Å². The molecular weight excluding hydrogens is 513 g/mol. The molecule has 9 heteroatoms. The Labute approximate surface area is 210 Å². The highest BCUT2D eigenvalue weighted by Crippen LogP contribution is 2.37. The summed E-state index contributed by atoms with van der Waals surface area (Å²) in [5.41, 5.74) is 10.1. The number of nitrogens with two attached hydrogens (primary N) is 1. The monoisotopic (exact) mass is 535 g/mol. The number of nitrogen functional groups attached to an aromatic ring is 1. The molecule has 0 bridgehead atoms. The van der Waals surface area contributed by atoms with Gasteiger partial charge in [-0.1, -0.05) is 28.1 Å². The molecule has 0 saturated carbocycles. The number of carbonyl (C=O) groups is 1. The number of rotatable bonds is 6. The van der Waals surface area contributed by atoms with Crippen LogP contribution in [0.15, 0.2) is 77.5 Å². The summed E-state index contributed by atoms with van der Waals surface area (Å²) in [5, 5.41) is 4.75. The molecule has 2 atom stereocenters. The van der Waals surface area contributed by atoms with Gasteiger partial charge in [-0.25, -0.2) is 9.07 Å². The summed E-state index contributed by atoms with van der Waals surface area (Å²) in [5.74, 6) is -0.534. The van der Waals surface area contributed by atoms with Crippen molar-refractivity contribution in [1.82, 2.24) is 19.7 Å². The van der Waals surface area contributed by atoms with Gasteiger partial charge in [-0.05, 0) is 67.4 Å². The van der Waals surface area contributed by atoms with Crippen LogP contribution < -0.4 is 5.73 Å². The first-order valence-electron chi connectivity index (χ1n) is 11.2. The molecule has 178 valence electrons. The van der Waals surface area contributed by atoms with E-state index in [4.69, 9.17) is 15.6 Å². The number of carbonyl (C=O) groups excluding carboxylic acids is 1. The molecule has 1 saturated heterocycles. The van der Waals surface area contributed by atoms with Crippen LogP contribution in [0.2, 0.25) is 0 Å². The SMILES string of the molecule is CC1OC(c2cn(-c3ccc(Br)cc3)nc2-c2ccc(F)cn2)N(CCc2ccc(N)cc2)C1=O. The van der Waals surface area contributed by atoms with Gasteiger partial charge in [-0.2, -0.15) is 5.10 Å². The van der Waals surface area contributed by atoms with Crippen LogP contribution in [0.1, 0.15) is 24.3 Å². The highest BCUT2D eigenvalue weighted by atomic mass is 79.9. The number of hydrogen-bond donors (Lipinski definition) is 1. The van der Waals surface area contributed by atoms with E-state index in [0.717, 1.165) is 21.9 Å². The smallest absolute Gasteiger partial charge is 0.253 e. The lowest BCUT2D eigenvalue weighted by Crippen LogP contribution is -2.32. The van der Waals surface area contributed by atoms with Gasteiger partial charge in [0.2, 0.25) is 0 Å². The van der Waals surface area contributed by atoms with Gasteiger partial charge in [-0.3, -0.25) is 9.78 Å². The fourth-order valence-electron chi connectivity index (χ4n) is 4.09. The molecule has 2 unspecified atom stereocenters. The quantitative estimate of drug-likeness (QED) is 0.354. The third-order valence-corrected chi connectivity index (χ3v) is 6.47. The van der Waals surface area contributed by atoms with Gasteiger partial charge < -0.3 is 15.4 Å². The topological polar surface area (TPSA) is 86.3 Å². The molecule has 4 aromatic rings. The van der Waals surface area contributed by atoms with E-state index >= 15 is 0 Å². The predicted molar refractivity (Wildman–Crippen MR) is 134 cm³/mol. The number of pyridine rings is 1. The maximum absolute atomic E-state index is 13.6. The zero-order valence-electron chi connectivity index (χ0n) is 18.9. The second-order valence-electron chi connectivity index (χ2n) is 8.37. The minimum Gasteiger partial charge on any atom is -0.399 e. The van der Waals surface area contributed by atoms with Gasteiger partial charge in [0.15, 0.2) is 6.23 Å². The number of hydrogen-bond acceptors (Lipinski definition) is 5. The third kappa shape index (κ3) is 4.82. The number of anilines is 1. The second kappa shape index (κ2) is 9.59. The number of nitrogens with zero attached hydrogens (tertiary/aromatic N) is 4. The van der Waals surface area contributed by atoms with Crippen molar-refractivity contribution in [3.8, 4) is 17.1 Å². The molecule has 35 heavy (non-hydrogen) atoms. The van der Waals surface area contributed by atoms with E-state index in [1.807, 2.05) is 54.7 Å². The van der Waals surface area contributed by atoms with Crippen molar-refractivity contribution in [2.24, 2.45) is 0 Å². The van der Waals surface area contributed by atoms with E-state index in [2.05, 4.69) is 20.9 Å². The highest BCUT2D eigenvalue weighted by molar-refractivity contribution is 9.10. The second-order valence-corrected chi connectivity index (χ2v) is 9.29. The fraction of sp³-hybridized carbons (Fsp3) is 0.192. The Hall–Kier alpha value is -3.56. The van der Waals surface area contributed by atoms with Crippen LogP contribution in [0, 0.1) is 5.82 Å². The van der Waals surface area contributed by atoms with Crippen LogP contribution in [0.25, 0.3) is 17.1 Å². The van der Waals surface area contributed by atoms with Crippen molar-refractivity contribution >= 4 is 27.5 Å². The highest BCUT2D eigenvalue weighted by Gasteiger charge is 2.40. The lowest BCUT2D eigenvalue weighted by molar-refractivity contribution is -0.130. The number of benzene rings is 2. The van der Waals surface area contributed by atoms with Crippen LogP contribution in [0.4, 0.5) is 10.1 Å². The average molecular weight is 536 g/mol. The molecule has 0 spiro atoms. The van der Waals surface area contributed by atoms with Crippen LogP contribution in [0.5, 0.6) is 0 Å². The van der Waals surface area contributed by atoms with Gasteiger partial charge in [-0.15, -0.1) is 0 Å². The van der Waals surface area contributed by atoms with Crippen molar-refractivity contribution in [3.63, 3.8) is 0 Å². The summed E-state index contributed by atoms with van der Waals surface area (Å²) >= 11 is 3.45. The first-order chi connectivity index (χ1) is 16.9. The van der Waals surface area contributed by atoms with Crippen LogP contribution in [-0.4, -0.2) is 38.2 Å². The van der Waals surface area contributed by atoms with Gasteiger partial charge in [0, 0.05) is 28.5 Å². The van der Waals surface area contributed by atoms with E-state index in [-0.39, 0.29) is 5.91 Å². The Morgan fingerprint density at radius 1 is 1.09 bits per heavy atom. The summed E-state index contributed by atoms with van der Waals surface area (Å²) in [7, 11) is 0. The van der Waals surface area contributed by atoms with Gasteiger partial charge in [0.1, 0.15) is 17.6 Å². The molecule has 2 aromatic carbocycles. The number of halogens is 2. The molecule has 3 heterocycles. The van der Waals surface area contributed by atoms with Gasteiger partial charge in [0.05, 0.1) is 17.6 Å². The number of aromatic nitrogens is 3. The van der Waals surface area contributed by atoms with Crippen LogP contribution in [-0.2, 0) is 16.0 Å². The fourth-order valence-corrected chi connectivity index (χ4v) is 4.35. The normalized spacial score (nSPS) is 17.8. The first-order valence-corrected chi connectivity index (χ1v) is 12.0. The summed E-state index contributed by atoms with van der Waals surface area (Å²) < 4.78 is 22.4. The van der Waals surface area contributed by atoms with E-state index in [9.17, 15) is 9.18 Å². The van der Waals surface area contributed by atoms with Crippen molar-refractivity contribution in [2.75, 3.05) is 12.3 Å². The Balaban J connectivity index is 1.53. The minimum absolute atomic E-state index is 0.0974. The van der Waals surface area contributed by atoms with E-state index < -0.39 is 18.1 Å². The average Bonchev–Trinajstić information content (AvgIpc) is 3.41. The van der Waals surface area contributed by atoms with Crippen LogP contribution in [0.3, 0.4) is 0 Å². The van der Waals surface area contributed by atoms with Crippen molar-refractivity contribution in [1.29, 1.82) is 0 Å². The predicted octanol–water partition coefficient (Wildman–Crippen LogP) is 4.91. The lowest BCUT2D eigenvalue weighted by Gasteiger charge is -2.23. The number of amides is 1. The molecule has 0 aliphatic carbocycles. The molecule has 5 rings (SSSR count). The Morgan fingerprint density at radius 3 is 2.51 bits per heavy atom. The van der Waals surface area contributed by atoms with Crippen LogP contribution >= 0.6 is 15.9 Å². The summed E-state index contributed by atoms with van der Waals surface area (Å²) in [6.07, 6.45) is 2.38. The van der Waals surface area contributed by atoms with E-state index in [1.54, 1.807) is 22.6 Å². The molecule has 2 N–H and O–H groups in total. The Kier molecular flexibility index (Phi) is 6.36. The molecule has 1 fully saturated rings. The van der Waals surface area contributed by atoms with Gasteiger partial charge in [0.25, 0.3) is 5.91 Å². The molecule has 0 radical (unpaired) electrons.